The second-order valence-corrected chi connectivity index (χ2v) is 8.97. The molecule has 1 saturated heterocycles. The van der Waals surface area contributed by atoms with Gasteiger partial charge in [0, 0.05) is 10.9 Å². The van der Waals surface area contributed by atoms with Gasteiger partial charge < -0.3 is 5.32 Å². The van der Waals surface area contributed by atoms with Gasteiger partial charge >= 0.3 is 6.03 Å². The number of aromatic nitrogens is 1. The van der Waals surface area contributed by atoms with Crippen molar-refractivity contribution in [3.8, 4) is 10.6 Å². The lowest BCUT2D eigenvalue weighted by molar-refractivity contribution is -0.138. The van der Waals surface area contributed by atoms with Crippen molar-refractivity contribution in [3.63, 3.8) is 0 Å². The van der Waals surface area contributed by atoms with Crippen LogP contribution in [0.15, 0.2) is 60.0 Å². The van der Waals surface area contributed by atoms with Gasteiger partial charge in [0.25, 0.3) is 5.91 Å². The lowest BCUT2D eigenvalue weighted by Crippen LogP contribution is -2.49. The molecule has 1 aliphatic rings. The van der Waals surface area contributed by atoms with Crippen molar-refractivity contribution in [2.75, 3.05) is 0 Å². The summed E-state index contributed by atoms with van der Waals surface area (Å²) in [5, 5.41) is 6.12. The molecule has 7 nitrogen and oxygen atoms in total. The molecule has 1 aromatic heterocycles. The van der Waals surface area contributed by atoms with Crippen LogP contribution in [0.5, 0.6) is 0 Å². The van der Waals surface area contributed by atoms with Gasteiger partial charge in [-0.3, -0.25) is 15.0 Å². The summed E-state index contributed by atoms with van der Waals surface area (Å²) < 4.78 is 0. The molecule has 4 rings (SSSR count). The Kier molecular flexibility index (Phi) is 6.05. The Balaban J connectivity index is 1.37. The third-order valence-electron chi connectivity index (χ3n) is 5.41. The van der Waals surface area contributed by atoms with Crippen molar-refractivity contribution in [2.24, 2.45) is 0 Å². The maximum Gasteiger partial charge on any atom is 0.344 e. The highest BCUT2D eigenvalue weighted by molar-refractivity contribution is 7.13. The maximum absolute atomic E-state index is 12.9. The minimum absolute atomic E-state index is 0.0277. The summed E-state index contributed by atoms with van der Waals surface area (Å²) in [6, 6.07) is 17.1. The number of benzene rings is 2. The fraction of sp³-hybridized carbons (Fsp3) is 0.250. The van der Waals surface area contributed by atoms with Crippen LogP contribution in [0.1, 0.15) is 30.2 Å². The van der Waals surface area contributed by atoms with Crippen LogP contribution in [0.3, 0.4) is 0 Å². The molecule has 1 atom stereocenters. The number of thiazole rings is 1. The van der Waals surface area contributed by atoms with Crippen LogP contribution < -0.4 is 10.7 Å². The van der Waals surface area contributed by atoms with Gasteiger partial charge in [0.15, 0.2) is 0 Å². The summed E-state index contributed by atoms with van der Waals surface area (Å²) in [6.45, 7) is 3.69. The van der Waals surface area contributed by atoms with Crippen LogP contribution in [0.4, 0.5) is 4.79 Å². The van der Waals surface area contributed by atoms with Crippen molar-refractivity contribution in [3.05, 3.63) is 76.8 Å². The highest BCUT2D eigenvalue weighted by atomic mass is 32.1. The number of rotatable bonds is 7. The third-order valence-corrected chi connectivity index (χ3v) is 6.35. The average molecular weight is 449 g/mol. The molecular formula is C24H24N4O3S. The fourth-order valence-corrected chi connectivity index (χ4v) is 4.44. The Morgan fingerprint density at radius 3 is 2.69 bits per heavy atom. The number of hydrazine groups is 1. The standard InChI is InChI=1S/C24H24N4O3S/c1-16-7-6-10-18(13-16)21-25-19(15-32-21)14-20(29)27-28-22(30)24(2,26-23(28)31)12-11-17-8-4-3-5-9-17/h3-10,13,15H,11-12,14H2,1-2H3,(H,26,31)(H,27,29). The third kappa shape index (κ3) is 4.70. The van der Waals surface area contributed by atoms with Crippen molar-refractivity contribution in [2.45, 2.75) is 38.6 Å². The number of imide groups is 1. The van der Waals surface area contributed by atoms with Crippen LogP contribution >= 0.6 is 11.3 Å². The van der Waals surface area contributed by atoms with Gasteiger partial charge in [0.1, 0.15) is 10.5 Å². The molecule has 0 aliphatic carbocycles. The normalized spacial score (nSPS) is 18.0. The molecule has 3 aromatic rings. The Morgan fingerprint density at radius 1 is 1.16 bits per heavy atom. The van der Waals surface area contributed by atoms with Gasteiger partial charge in [-0.2, -0.15) is 5.01 Å². The number of aryl methyl sites for hydroxylation is 2. The van der Waals surface area contributed by atoms with E-state index < -0.39 is 23.4 Å². The summed E-state index contributed by atoms with van der Waals surface area (Å²) >= 11 is 1.45. The van der Waals surface area contributed by atoms with E-state index in [1.54, 1.807) is 6.92 Å². The van der Waals surface area contributed by atoms with Crippen LogP contribution in [0.2, 0.25) is 0 Å². The van der Waals surface area contributed by atoms with Crippen LogP contribution in [-0.4, -0.2) is 33.4 Å². The zero-order valence-corrected chi connectivity index (χ0v) is 18.7. The first-order chi connectivity index (χ1) is 15.3. The summed E-state index contributed by atoms with van der Waals surface area (Å²) in [5.41, 5.74) is 5.15. The molecule has 0 spiro atoms. The minimum Gasteiger partial charge on any atom is -0.322 e. The zero-order valence-electron chi connectivity index (χ0n) is 17.9. The molecule has 164 valence electrons. The number of carbonyl (C=O) groups is 3. The first-order valence-corrected chi connectivity index (χ1v) is 11.2. The molecule has 2 N–H and O–H groups in total. The summed E-state index contributed by atoms with van der Waals surface area (Å²) in [7, 11) is 0. The number of amides is 4. The summed E-state index contributed by atoms with van der Waals surface area (Å²) in [5.74, 6) is -0.938. The van der Waals surface area contributed by atoms with E-state index in [-0.39, 0.29) is 6.42 Å². The lowest BCUT2D eigenvalue weighted by Gasteiger charge is -2.21. The Bertz CT molecular complexity index is 1160. The highest BCUT2D eigenvalue weighted by Crippen LogP contribution is 2.25. The fourth-order valence-electron chi connectivity index (χ4n) is 3.62. The van der Waals surface area contributed by atoms with E-state index in [1.807, 2.05) is 66.9 Å². The first-order valence-electron chi connectivity index (χ1n) is 10.4. The predicted molar refractivity (Wildman–Crippen MR) is 123 cm³/mol. The summed E-state index contributed by atoms with van der Waals surface area (Å²) in [4.78, 5) is 42.3. The SMILES string of the molecule is Cc1cccc(-c2nc(CC(=O)NN3C(=O)NC(C)(CCc4ccccc4)C3=O)cs2)c1. The summed E-state index contributed by atoms with van der Waals surface area (Å²) in [6.07, 6.45) is 1.03. The molecule has 0 radical (unpaired) electrons. The number of hydrogen-bond donors (Lipinski definition) is 2. The lowest BCUT2D eigenvalue weighted by atomic mass is 9.93. The molecule has 1 unspecified atom stereocenters. The number of urea groups is 1. The van der Waals surface area contributed by atoms with Crippen molar-refractivity contribution in [1.29, 1.82) is 0 Å². The number of hydrogen-bond acceptors (Lipinski definition) is 5. The molecule has 0 bridgehead atoms. The van der Waals surface area contributed by atoms with Gasteiger partial charge in [-0.1, -0.05) is 54.1 Å². The molecule has 8 heteroatoms. The number of nitrogens with one attached hydrogen (secondary N) is 2. The number of carbonyl (C=O) groups excluding carboxylic acids is 3. The van der Waals surface area contributed by atoms with E-state index in [9.17, 15) is 14.4 Å². The van der Waals surface area contributed by atoms with Crippen LogP contribution in [0, 0.1) is 6.92 Å². The molecule has 2 aromatic carbocycles. The van der Waals surface area contributed by atoms with E-state index in [2.05, 4.69) is 15.7 Å². The Hall–Kier alpha value is -3.52. The van der Waals surface area contributed by atoms with Crippen LogP contribution in [-0.2, 0) is 22.4 Å². The van der Waals surface area contributed by atoms with Gasteiger partial charge in [0.05, 0.1) is 12.1 Å². The molecular weight excluding hydrogens is 424 g/mol. The van der Waals surface area contributed by atoms with Gasteiger partial charge in [-0.05, 0) is 38.3 Å². The Labute approximate surface area is 190 Å². The van der Waals surface area contributed by atoms with E-state index in [0.29, 0.717) is 18.5 Å². The van der Waals surface area contributed by atoms with Gasteiger partial charge in [0.2, 0.25) is 5.91 Å². The second-order valence-electron chi connectivity index (χ2n) is 8.11. The van der Waals surface area contributed by atoms with Crippen LogP contribution in [0.25, 0.3) is 10.6 Å². The van der Waals surface area contributed by atoms with Crippen molar-refractivity contribution < 1.29 is 14.4 Å². The van der Waals surface area contributed by atoms with E-state index in [1.165, 1.54) is 11.3 Å². The smallest absolute Gasteiger partial charge is 0.322 e. The predicted octanol–water partition coefficient (Wildman–Crippen LogP) is 3.64. The quantitative estimate of drug-likeness (QED) is 0.540. The first kappa shape index (κ1) is 21.7. The van der Waals surface area contributed by atoms with Gasteiger partial charge in [-0.15, -0.1) is 11.3 Å². The molecule has 4 amide bonds. The average Bonchev–Trinajstić information content (AvgIpc) is 3.32. The van der Waals surface area contributed by atoms with Crippen molar-refractivity contribution >= 4 is 29.2 Å². The highest BCUT2D eigenvalue weighted by Gasteiger charge is 2.48. The zero-order chi connectivity index (χ0) is 22.7. The van der Waals surface area contributed by atoms with E-state index >= 15 is 0 Å². The second kappa shape index (κ2) is 8.92. The molecule has 2 heterocycles. The van der Waals surface area contributed by atoms with E-state index in [0.717, 1.165) is 26.7 Å². The topological polar surface area (TPSA) is 91.4 Å². The monoisotopic (exact) mass is 448 g/mol. The molecule has 32 heavy (non-hydrogen) atoms. The van der Waals surface area contributed by atoms with Crippen molar-refractivity contribution in [1.82, 2.24) is 20.7 Å². The minimum atomic E-state index is -1.07. The number of nitrogens with zero attached hydrogens (tertiary/aromatic N) is 2. The van der Waals surface area contributed by atoms with E-state index in [4.69, 9.17) is 0 Å². The molecule has 1 fully saturated rings. The molecule has 1 aliphatic heterocycles. The van der Waals surface area contributed by atoms with Gasteiger partial charge in [-0.25, -0.2) is 9.78 Å². The Morgan fingerprint density at radius 2 is 1.94 bits per heavy atom. The maximum atomic E-state index is 12.9. The largest absolute Gasteiger partial charge is 0.344 e. The molecule has 0 saturated carbocycles.